The zero-order valence-corrected chi connectivity index (χ0v) is 10.1. The van der Waals surface area contributed by atoms with E-state index in [9.17, 15) is 9.59 Å². The minimum absolute atomic E-state index is 0.0613. The molecular weight excluding hydrogens is 194 g/mol. The van der Waals surface area contributed by atoms with Crippen LogP contribution in [-0.2, 0) is 9.59 Å². The van der Waals surface area contributed by atoms with E-state index in [1.54, 1.807) is 20.8 Å². The van der Waals surface area contributed by atoms with Gasteiger partial charge in [-0.15, -0.1) is 0 Å². The van der Waals surface area contributed by atoms with Gasteiger partial charge in [-0.1, -0.05) is 41.0 Å². The molecule has 2 atom stereocenters. The highest BCUT2D eigenvalue weighted by molar-refractivity contribution is 5.86. The highest BCUT2D eigenvalue weighted by atomic mass is 16.4. The molecule has 4 nitrogen and oxygen atoms in total. The number of hydrogen-bond donors (Lipinski definition) is 2. The molecule has 15 heavy (non-hydrogen) atoms. The fourth-order valence-electron chi connectivity index (χ4n) is 1.04. The van der Waals surface area contributed by atoms with Crippen molar-refractivity contribution in [2.75, 3.05) is 0 Å². The largest absolute Gasteiger partial charge is 0.480 e. The number of hydrogen-bond acceptors (Lipinski definition) is 2. The van der Waals surface area contributed by atoms with Crippen LogP contribution in [0, 0.1) is 11.3 Å². The van der Waals surface area contributed by atoms with Crippen LogP contribution in [0.4, 0.5) is 0 Å². The van der Waals surface area contributed by atoms with E-state index in [1.165, 1.54) is 0 Å². The number of aliphatic carboxylic acids is 1. The normalized spacial score (nSPS) is 15.5. The van der Waals surface area contributed by atoms with Gasteiger partial charge in [0.2, 0.25) is 5.91 Å². The second-order valence-corrected chi connectivity index (χ2v) is 4.92. The summed E-state index contributed by atoms with van der Waals surface area (Å²) in [4.78, 5) is 22.6. The van der Waals surface area contributed by atoms with Gasteiger partial charge in [0.1, 0.15) is 6.04 Å². The summed E-state index contributed by atoms with van der Waals surface area (Å²) in [5, 5.41) is 11.5. The average Bonchev–Trinajstić information content (AvgIpc) is 2.10. The minimum Gasteiger partial charge on any atom is -0.480 e. The van der Waals surface area contributed by atoms with E-state index in [-0.39, 0.29) is 11.8 Å². The lowest BCUT2D eigenvalue weighted by molar-refractivity contribution is -0.144. The molecule has 0 aromatic carbocycles. The molecule has 1 unspecified atom stereocenters. The molecule has 2 N–H and O–H groups in total. The summed E-state index contributed by atoms with van der Waals surface area (Å²) >= 11 is 0. The second kappa shape index (κ2) is 5.14. The van der Waals surface area contributed by atoms with E-state index in [4.69, 9.17) is 5.11 Å². The number of nitrogens with one attached hydrogen (secondary N) is 1. The SMILES string of the molecule is CCC(C)[C@H](NC(=O)C(C)(C)C)C(=O)O. The predicted molar refractivity (Wildman–Crippen MR) is 58.5 cm³/mol. The monoisotopic (exact) mass is 215 g/mol. The molecule has 0 aliphatic heterocycles. The average molecular weight is 215 g/mol. The first-order chi connectivity index (χ1) is 6.70. The minimum atomic E-state index is -0.970. The fourth-order valence-corrected chi connectivity index (χ4v) is 1.04. The lowest BCUT2D eigenvalue weighted by Crippen LogP contribution is -2.48. The second-order valence-electron chi connectivity index (χ2n) is 4.92. The Kier molecular flexibility index (Phi) is 4.78. The van der Waals surface area contributed by atoms with E-state index in [1.807, 2.05) is 13.8 Å². The third kappa shape index (κ3) is 4.32. The number of carboxylic acids is 1. The van der Waals surface area contributed by atoms with Crippen LogP contribution < -0.4 is 5.32 Å². The molecule has 0 rings (SSSR count). The number of rotatable bonds is 4. The molecule has 1 amide bonds. The summed E-state index contributed by atoms with van der Waals surface area (Å²) in [7, 11) is 0. The molecule has 0 saturated heterocycles. The lowest BCUT2D eigenvalue weighted by Gasteiger charge is -2.25. The zero-order valence-electron chi connectivity index (χ0n) is 10.1. The quantitative estimate of drug-likeness (QED) is 0.749. The van der Waals surface area contributed by atoms with E-state index < -0.39 is 17.4 Å². The van der Waals surface area contributed by atoms with Crippen molar-refractivity contribution in [1.82, 2.24) is 5.32 Å². The van der Waals surface area contributed by atoms with Gasteiger partial charge in [0.15, 0.2) is 0 Å². The van der Waals surface area contributed by atoms with Gasteiger partial charge in [-0.25, -0.2) is 4.79 Å². The first-order valence-corrected chi connectivity index (χ1v) is 5.24. The maximum atomic E-state index is 11.6. The first kappa shape index (κ1) is 13.9. The molecule has 4 heteroatoms. The van der Waals surface area contributed by atoms with Crippen LogP contribution in [0.3, 0.4) is 0 Å². The van der Waals surface area contributed by atoms with E-state index >= 15 is 0 Å². The summed E-state index contributed by atoms with van der Waals surface area (Å²) < 4.78 is 0. The highest BCUT2D eigenvalue weighted by Gasteiger charge is 2.30. The molecule has 0 bridgehead atoms. The fraction of sp³-hybridized carbons (Fsp3) is 0.818. The van der Waals surface area contributed by atoms with Crippen molar-refractivity contribution in [3.63, 3.8) is 0 Å². The molecule has 0 radical (unpaired) electrons. The first-order valence-electron chi connectivity index (χ1n) is 5.24. The number of carboxylic acid groups (broad SMARTS) is 1. The standard InChI is InChI=1S/C11H21NO3/c1-6-7(2)8(9(13)14)12-10(15)11(3,4)5/h7-8H,6H2,1-5H3,(H,12,15)(H,13,14)/t7?,8-/m0/s1. The molecule has 88 valence electrons. The van der Waals surface area contributed by atoms with Gasteiger partial charge in [0, 0.05) is 5.41 Å². The Labute approximate surface area is 91.1 Å². The van der Waals surface area contributed by atoms with Crippen LogP contribution >= 0.6 is 0 Å². The molecule has 0 fully saturated rings. The Balaban J connectivity index is 4.57. The van der Waals surface area contributed by atoms with Crippen LogP contribution in [0.5, 0.6) is 0 Å². The topological polar surface area (TPSA) is 66.4 Å². The Morgan fingerprint density at radius 2 is 1.80 bits per heavy atom. The number of amides is 1. The van der Waals surface area contributed by atoms with Crippen LogP contribution in [-0.4, -0.2) is 23.0 Å². The summed E-state index contributed by atoms with van der Waals surface area (Å²) in [6.45, 7) is 9.01. The molecule has 0 aromatic rings. The maximum absolute atomic E-state index is 11.6. The summed E-state index contributed by atoms with van der Waals surface area (Å²) in [6, 6.07) is -0.790. The third-order valence-electron chi connectivity index (χ3n) is 2.45. The number of carbonyl (C=O) groups is 2. The number of carbonyl (C=O) groups excluding carboxylic acids is 1. The molecule has 0 saturated carbocycles. The van der Waals surface area contributed by atoms with Crippen molar-refractivity contribution in [3.8, 4) is 0 Å². The van der Waals surface area contributed by atoms with Crippen LogP contribution in [0.2, 0.25) is 0 Å². The Morgan fingerprint density at radius 1 is 1.33 bits per heavy atom. The van der Waals surface area contributed by atoms with Gasteiger partial charge in [0.05, 0.1) is 0 Å². The van der Waals surface area contributed by atoms with Crippen molar-refractivity contribution in [2.45, 2.75) is 47.1 Å². The molecular formula is C11H21NO3. The molecule has 0 aromatic heterocycles. The van der Waals surface area contributed by atoms with Crippen molar-refractivity contribution >= 4 is 11.9 Å². The van der Waals surface area contributed by atoms with Gasteiger partial charge < -0.3 is 10.4 Å². The Bertz CT molecular complexity index is 243. The maximum Gasteiger partial charge on any atom is 0.326 e. The van der Waals surface area contributed by atoms with Crippen molar-refractivity contribution in [3.05, 3.63) is 0 Å². The van der Waals surface area contributed by atoms with Crippen molar-refractivity contribution in [2.24, 2.45) is 11.3 Å². The van der Waals surface area contributed by atoms with E-state index in [2.05, 4.69) is 5.32 Å². The predicted octanol–water partition coefficient (Wildman–Crippen LogP) is 1.65. The van der Waals surface area contributed by atoms with E-state index in [0.29, 0.717) is 0 Å². The van der Waals surface area contributed by atoms with Crippen LogP contribution in [0.15, 0.2) is 0 Å². The molecule has 0 aliphatic carbocycles. The lowest BCUT2D eigenvalue weighted by atomic mass is 9.93. The summed E-state index contributed by atoms with van der Waals surface area (Å²) in [5.74, 6) is -1.26. The highest BCUT2D eigenvalue weighted by Crippen LogP contribution is 2.15. The molecule has 0 heterocycles. The van der Waals surface area contributed by atoms with Gasteiger partial charge >= 0.3 is 5.97 Å². The summed E-state index contributed by atoms with van der Waals surface area (Å²) in [5.41, 5.74) is -0.554. The van der Waals surface area contributed by atoms with E-state index in [0.717, 1.165) is 6.42 Å². The van der Waals surface area contributed by atoms with Crippen molar-refractivity contribution in [1.29, 1.82) is 0 Å². The van der Waals surface area contributed by atoms with Gasteiger partial charge in [-0.05, 0) is 5.92 Å². The molecule has 0 aliphatic rings. The smallest absolute Gasteiger partial charge is 0.326 e. The zero-order chi connectivity index (χ0) is 12.2. The van der Waals surface area contributed by atoms with Crippen LogP contribution in [0.1, 0.15) is 41.0 Å². The summed E-state index contributed by atoms with van der Waals surface area (Å²) in [6.07, 6.45) is 0.724. The van der Waals surface area contributed by atoms with Gasteiger partial charge in [-0.3, -0.25) is 4.79 Å². The Hall–Kier alpha value is -1.06. The van der Waals surface area contributed by atoms with Gasteiger partial charge in [0.25, 0.3) is 0 Å². The van der Waals surface area contributed by atoms with Crippen LogP contribution in [0.25, 0.3) is 0 Å². The Morgan fingerprint density at radius 3 is 2.07 bits per heavy atom. The molecule has 0 spiro atoms. The van der Waals surface area contributed by atoms with Gasteiger partial charge in [-0.2, -0.15) is 0 Å². The third-order valence-corrected chi connectivity index (χ3v) is 2.45. The van der Waals surface area contributed by atoms with Crippen molar-refractivity contribution < 1.29 is 14.7 Å².